The van der Waals surface area contributed by atoms with Gasteiger partial charge in [0.05, 0.1) is 16.9 Å². The van der Waals surface area contributed by atoms with Gasteiger partial charge in [-0.25, -0.2) is 13.9 Å². The minimum atomic E-state index is -4.90. The van der Waals surface area contributed by atoms with Crippen molar-refractivity contribution >= 4 is 23.6 Å². The molecule has 0 radical (unpaired) electrons. The standard InChI is InChI=1S/C37H40F4N6O4/c1-5-32(48)45-36(16-15-23-11-12-23,26-9-7-17-42-22-26)25-13-14-28(38)29(19-25)44-33(49)30-20-31(37(39,40)41)46-47(30)27-10-6-8-24(18-27)21-43-34(50)51-35(2,3)4/h6-10,13-14,17-20,22-23H,5,11-12,15-16,21H2,1-4H3,(H,43,50)(H,44,49)(H,45,48). The Bertz CT molecular complexity index is 1890. The zero-order chi connectivity index (χ0) is 37.0. The quantitative estimate of drug-likeness (QED) is 0.130. The number of carbonyl (C=O) groups excluding carboxylic acids is 3. The van der Waals surface area contributed by atoms with Crippen molar-refractivity contribution in [3.05, 3.63) is 107 Å². The van der Waals surface area contributed by atoms with E-state index in [0.717, 1.165) is 30.0 Å². The van der Waals surface area contributed by atoms with Crippen LogP contribution in [0.15, 0.2) is 73.1 Å². The van der Waals surface area contributed by atoms with Crippen LogP contribution in [0.3, 0.4) is 0 Å². The highest BCUT2D eigenvalue weighted by atomic mass is 19.4. The van der Waals surface area contributed by atoms with Crippen LogP contribution >= 0.6 is 0 Å². The van der Waals surface area contributed by atoms with E-state index < -0.39 is 46.5 Å². The lowest BCUT2D eigenvalue weighted by Crippen LogP contribution is -2.47. The van der Waals surface area contributed by atoms with Crippen molar-refractivity contribution in [1.82, 2.24) is 25.4 Å². The molecule has 1 aliphatic carbocycles. The molecule has 270 valence electrons. The van der Waals surface area contributed by atoms with Gasteiger partial charge < -0.3 is 20.7 Å². The molecule has 1 saturated carbocycles. The Balaban J connectivity index is 1.50. The smallest absolute Gasteiger partial charge is 0.435 e. The molecule has 0 aliphatic heterocycles. The van der Waals surface area contributed by atoms with Gasteiger partial charge in [-0.3, -0.25) is 14.6 Å². The Labute approximate surface area is 293 Å². The number of alkyl halides is 3. The number of alkyl carbamates (subject to hydrolysis) is 1. The third-order valence-electron chi connectivity index (χ3n) is 8.38. The number of benzene rings is 2. The molecule has 5 rings (SSSR count). The zero-order valence-electron chi connectivity index (χ0n) is 28.7. The van der Waals surface area contributed by atoms with Crippen LogP contribution in [0.5, 0.6) is 0 Å². The van der Waals surface area contributed by atoms with Gasteiger partial charge in [-0.2, -0.15) is 18.3 Å². The number of ether oxygens (including phenoxy) is 1. The number of carbonyl (C=O) groups is 3. The molecule has 1 atom stereocenters. The van der Waals surface area contributed by atoms with Crippen LogP contribution in [0.25, 0.3) is 5.69 Å². The maximum Gasteiger partial charge on any atom is 0.435 e. The molecule has 2 aromatic heterocycles. The summed E-state index contributed by atoms with van der Waals surface area (Å²) in [7, 11) is 0. The third kappa shape index (κ3) is 9.30. The highest BCUT2D eigenvalue weighted by Gasteiger charge is 2.39. The minimum absolute atomic E-state index is 0.0241. The number of anilines is 1. The van der Waals surface area contributed by atoms with Crippen LogP contribution in [0.2, 0.25) is 0 Å². The number of halogens is 4. The predicted octanol–water partition coefficient (Wildman–Crippen LogP) is 7.66. The monoisotopic (exact) mass is 708 g/mol. The van der Waals surface area contributed by atoms with Crippen molar-refractivity contribution in [3.8, 4) is 5.69 Å². The van der Waals surface area contributed by atoms with Crippen molar-refractivity contribution in [2.24, 2.45) is 5.92 Å². The van der Waals surface area contributed by atoms with Gasteiger partial charge >= 0.3 is 12.3 Å². The fourth-order valence-electron chi connectivity index (χ4n) is 5.67. The second kappa shape index (κ2) is 14.9. The highest BCUT2D eigenvalue weighted by molar-refractivity contribution is 6.03. The summed E-state index contributed by atoms with van der Waals surface area (Å²) in [6, 6.07) is 14.2. The van der Waals surface area contributed by atoms with Crippen molar-refractivity contribution in [2.45, 2.75) is 83.7 Å². The predicted molar refractivity (Wildman–Crippen MR) is 181 cm³/mol. The Morgan fingerprint density at radius 3 is 2.39 bits per heavy atom. The lowest BCUT2D eigenvalue weighted by atomic mass is 9.78. The van der Waals surface area contributed by atoms with Crippen LogP contribution in [0.1, 0.15) is 92.7 Å². The van der Waals surface area contributed by atoms with E-state index >= 15 is 4.39 Å². The number of pyridine rings is 1. The Hall–Kier alpha value is -5.27. The van der Waals surface area contributed by atoms with Crippen molar-refractivity contribution < 1.29 is 36.7 Å². The summed E-state index contributed by atoms with van der Waals surface area (Å²) in [6.45, 7) is 6.80. The molecule has 2 aromatic carbocycles. The fraction of sp³-hybridized carbons (Fsp3) is 0.378. The van der Waals surface area contributed by atoms with Gasteiger partial charge in [0.2, 0.25) is 5.91 Å². The molecular weight excluding hydrogens is 668 g/mol. The van der Waals surface area contributed by atoms with Crippen molar-refractivity contribution in [3.63, 3.8) is 0 Å². The summed E-state index contributed by atoms with van der Waals surface area (Å²) in [6.07, 6.45) is 1.17. The van der Waals surface area contributed by atoms with Crippen LogP contribution in [0, 0.1) is 11.7 Å². The van der Waals surface area contributed by atoms with E-state index in [9.17, 15) is 27.6 Å². The van der Waals surface area contributed by atoms with Gasteiger partial charge in [0.1, 0.15) is 17.1 Å². The summed E-state index contributed by atoms with van der Waals surface area (Å²) < 4.78 is 63.3. The maximum absolute atomic E-state index is 15.5. The van der Waals surface area contributed by atoms with E-state index in [1.165, 1.54) is 30.3 Å². The van der Waals surface area contributed by atoms with Gasteiger partial charge in [0.25, 0.3) is 5.91 Å². The lowest BCUT2D eigenvalue weighted by Gasteiger charge is -2.36. The molecule has 1 fully saturated rings. The van der Waals surface area contributed by atoms with E-state index in [1.807, 2.05) is 6.07 Å². The number of aromatic nitrogens is 3. The van der Waals surface area contributed by atoms with Gasteiger partial charge in [-0.15, -0.1) is 0 Å². The average molecular weight is 709 g/mol. The number of hydrogen-bond acceptors (Lipinski definition) is 6. The summed E-state index contributed by atoms with van der Waals surface area (Å²) >= 11 is 0. The minimum Gasteiger partial charge on any atom is -0.444 e. The zero-order valence-corrected chi connectivity index (χ0v) is 28.7. The first kappa shape index (κ1) is 37.0. The topological polar surface area (TPSA) is 127 Å². The van der Waals surface area contributed by atoms with Crippen LogP contribution in [-0.2, 0) is 27.8 Å². The Morgan fingerprint density at radius 2 is 1.75 bits per heavy atom. The highest BCUT2D eigenvalue weighted by Crippen LogP contribution is 2.42. The van der Waals surface area contributed by atoms with Crippen LogP contribution in [0.4, 0.5) is 28.0 Å². The summed E-state index contributed by atoms with van der Waals surface area (Å²) in [4.78, 5) is 43.1. The molecule has 2 heterocycles. The number of nitrogens with one attached hydrogen (secondary N) is 3. The molecule has 0 bridgehead atoms. The van der Waals surface area contributed by atoms with Crippen molar-refractivity contribution in [2.75, 3.05) is 5.32 Å². The molecule has 1 unspecified atom stereocenters. The molecule has 0 saturated heterocycles. The average Bonchev–Trinajstić information content (AvgIpc) is 3.80. The SMILES string of the molecule is CCC(=O)NC(CCC1CC1)(c1cccnc1)c1ccc(F)c(NC(=O)c2cc(C(F)(F)F)nn2-c2cccc(CNC(=O)OC(C)(C)C)c2)c1. The van der Waals surface area contributed by atoms with E-state index in [0.29, 0.717) is 35.1 Å². The van der Waals surface area contributed by atoms with Gasteiger partial charge in [0, 0.05) is 37.0 Å². The first-order valence-electron chi connectivity index (χ1n) is 16.6. The normalized spacial score (nSPS) is 14.4. The molecule has 0 spiro atoms. The third-order valence-corrected chi connectivity index (χ3v) is 8.38. The molecule has 4 aromatic rings. The second-order valence-corrected chi connectivity index (χ2v) is 13.5. The van der Waals surface area contributed by atoms with E-state index in [-0.39, 0.29) is 30.2 Å². The maximum atomic E-state index is 15.5. The molecule has 10 nitrogen and oxygen atoms in total. The number of nitrogens with zero attached hydrogens (tertiary/aromatic N) is 3. The molecule has 14 heteroatoms. The molecule has 51 heavy (non-hydrogen) atoms. The van der Waals surface area contributed by atoms with Crippen LogP contribution in [-0.4, -0.2) is 38.3 Å². The lowest BCUT2D eigenvalue weighted by molar-refractivity contribution is -0.141. The number of hydrogen-bond donors (Lipinski definition) is 3. The number of rotatable bonds is 12. The van der Waals surface area contributed by atoms with E-state index in [4.69, 9.17) is 4.74 Å². The Kier molecular flexibility index (Phi) is 10.8. The van der Waals surface area contributed by atoms with Crippen molar-refractivity contribution in [1.29, 1.82) is 0 Å². The van der Waals surface area contributed by atoms with Crippen LogP contribution < -0.4 is 16.0 Å². The Morgan fingerprint density at radius 1 is 0.980 bits per heavy atom. The van der Waals surface area contributed by atoms with Gasteiger partial charge in [-0.1, -0.05) is 44.0 Å². The molecule has 3 N–H and O–H groups in total. The molecule has 1 aliphatic rings. The largest absolute Gasteiger partial charge is 0.444 e. The fourth-order valence-corrected chi connectivity index (χ4v) is 5.67. The summed E-state index contributed by atoms with van der Waals surface area (Å²) in [5.74, 6) is -1.67. The van der Waals surface area contributed by atoms with Gasteiger partial charge in [0.15, 0.2) is 5.69 Å². The molecule has 3 amide bonds. The summed E-state index contributed by atoms with van der Waals surface area (Å²) in [5, 5.41) is 11.8. The van der Waals surface area contributed by atoms with E-state index in [2.05, 4.69) is 26.0 Å². The number of amides is 3. The first-order valence-corrected chi connectivity index (χ1v) is 16.6. The summed E-state index contributed by atoms with van der Waals surface area (Å²) in [5.41, 5.74) is -2.33. The van der Waals surface area contributed by atoms with Gasteiger partial charge in [-0.05, 0) is 81.0 Å². The second-order valence-electron chi connectivity index (χ2n) is 13.5. The van der Waals surface area contributed by atoms with E-state index in [1.54, 1.807) is 52.2 Å². The first-order chi connectivity index (χ1) is 24.1. The molecular formula is C37H40F4N6O4.